The second-order valence-corrected chi connectivity index (χ2v) is 4.82. The van der Waals surface area contributed by atoms with Crippen LogP contribution in [0.3, 0.4) is 0 Å². The molecule has 0 unspecified atom stereocenters. The van der Waals surface area contributed by atoms with E-state index >= 15 is 0 Å². The zero-order valence-electron chi connectivity index (χ0n) is 12.4. The number of primary amides is 1. The maximum atomic E-state index is 11.4. The Morgan fingerprint density at radius 1 is 1.25 bits per heavy atom. The van der Waals surface area contributed by atoms with Gasteiger partial charge in [-0.2, -0.15) is 0 Å². The SMILES string of the molecule is C/C=C\C.C=C1CCCc2ccccc2N(C(N)=O)C1. The van der Waals surface area contributed by atoms with Gasteiger partial charge in [-0.25, -0.2) is 4.79 Å². The molecule has 0 aliphatic carbocycles. The number of nitrogens with zero attached hydrogens (tertiary/aromatic N) is 1. The summed E-state index contributed by atoms with van der Waals surface area (Å²) < 4.78 is 0. The highest BCUT2D eigenvalue weighted by molar-refractivity contribution is 5.92. The molecule has 1 aliphatic rings. The fourth-order valence-corrected chi connectivity index (χ4v) is 2.10. The number of urea groups is 1. The number of para-hydroxylation sites is 1. The van der Waals surface area contributed by atoms with Gasteiger partial charge in [0.1, 0.15) is 0 Å². The molecule has 0 saturated carbocycles. The number of amides is 2. The second kappa shape index (κ2) is 8.20. The molecule has 3 nitrogen and oxygen atoms in total. The Morgan fingerprint density at radius 2 is 1.90 bits per heavy atom. The van der Waals surface area contributed by atoms with Crippen LogP contribution in [0.15, 0.2) is 48.6 Å². The lowest BCUT2D eigenvalue weighted by Gasteiger charge is -2.26. The van der Waals surface area contributed by atoms with Gasteiger partial charge in [0, 0.05) is 12.2 Å². The first-order valence-electron chi connectivity index (χ1n) is 6.99. The molecule has 3 heteroatoms. The number of hydrogen-bond acceptors (Lipinski definition) is 1. The minimum atomic E-state index is -0.407. The van der Waals surface area contributed by atoms with Crippen molar-refractivity contribution in [2.75, 3.05) is 11.4 Å². The average molecular weight is 272 g/mol. The van der Waals surface area contributed by atoms with E-state index in [1.165, 1.54) is 5.56 Å². The summed E-state index contributed by atoms with van der Waals surface area (Å²) in [5.74, 6) is 0. The van der Waals surface area contributed by atoms with Gasteiger partial charge in [-0.15, -0.1) is 0 Å². The van der Waals surface area contributed by atoms with Crippen LogP contribution < -0.4 is 10.6 Å². The highest BCUT2D eigenvalue weighted by Gasteiger charge is 2.18. The average Bonchev–Trinajstić information content (AvgIpc) is 2.43. The van der Waals surface area contributed by atoms with Crippen LogP contribution in [0, 0.1) is 0 Å². The van der Waals surface area contributed by atoms with E-state index in [0.29, 0.717) is 6.54 Å². The molecule has 2 amide bonds. The summed E-state index contributed by atoms with van der Waals surface area (Å²) in [6.07, 6.45) is 7.01. The number of anilines is 1. The predicted octanol–water partition coefficient (Wildman–Crippen LogP) is 4.05. The first kappa shape index (κ1) is 16.0. The van der Waals surface area contributed by atoms with Gasteiger partial charge in [0.05, 0.1) is 0 Å². The van der Waals surface area contributed by atoms with Crippen LogP contribution in [-0.2, 0) is 6.42 Å². The molecule has 1 heterocycles. The molecular weight excluding hydrogens is 248 g/mol. The Bertz CT molecular complexity index is 488. The topological polar surface area (TPSA) is 46.3 Å². The lowest BCUT2D eigenvalue weighted by atomic mass is 9.99. The molecule has 0 saturated heterocycles. The predicted molar refractivity (Wildman–Crippen MR) is 85.9 cm³/mol. The number of hydrogen-bond donors (Lipinski definition) is 1. The van der Waals surface area contributed by atoms with Crippen molar-refractivity contribution in [2.45, 2.75) is 33.1 Å². The van der Waals surface area contributed by atoms with E-state index in [-0.39, 0.29) is 0 Å². The van der Waals surface area contributed by atoms with Gasteiger partial charge < -0.3 is 5.73 Å². The Kier molecular flexibility index (Phi) is 6.57. The number of benzene rings is 1. The number of rotatable bonds is 0. The summed E-state index contributed by atoms with van der Waals surface area (Å²) in [6.45, 7) is 8.51. The van der Waals surface area contributed by atoms with Crippen LogP contribution >= 0.6 is 0 Å². The molecule has 0 radical (unpaired) electrons. The number of carbonyl (C=O) groups is 1. The minimum absolute atomic E-state index is 0.407. The van der Waals surface area contributed by atoms with E-state index in [4.69, 9.17) is 5.73 Å². The molecule has 1 aliphatic heterocycles. The molecule has 1 aromatic carbocycles. The Labute approximate surface area is 121 Å². The molecular formula is C17H24N2O. The summed E-state index contributed by atoms with van der Waals surface area (Å²) in [4.78, 5) is 13.0. The summed E-state index contributed by atoms with van der Waals surface area (Å²) in [6, 6.07) is 7.52. The second-order valence-electron chi connectivity index (χ2n) is 4.82. The van der Waals surface area contributed by atoms with E-state index in [9.17, 15) is 4.79 Å². The number of fused-ring (bicyclic) bond motifs is 1. The molecule has 108 valence electrons. The maximum Gasteiger partial charge on any atom is 0.319 e. The highest BCUT2D eigenvalue weighted by Crippen LogP contribution is 2.26. The van der Waals surface area contributed by atoms with Gasteiger partial charge in [-0.3, -0.25) is 4.90 Å². The summed E-state index contributed by atoms with van der Waals surface area (Å²) in [5.41, 5.74) is 8.59. The molecule has 0 fully saturated rings. The third-order valence-corrected chi connectivity index (χ3v) is 3.24. The summed E-state index contributed by atoms with van der Waals surface area (Å²) in [5, 5.41) is 0. The van der Waals surface area contributed by atoms with Crippen molar-refractivity contribution in [3.8, 4) is 0 Å². The monoisotopic (exact) mass is 272 g/mol. The number of carbonyl (C=O) groups excluding carboxylic acids is 1. The van der Waals surface area contributed by atoms with E-state index in [0.717, 1.165) is 30.5 Å². The number of allylic oxidation sites excluding steroid dienone is 2. The van der Waals surface area contributed by atoms with Crippen LogP contribution in [0.1, 0.15) is 32.3 Å². The summed E-state index contributed by atoms with van der Waals surface area (Å²) in [7, 11) is 0. The third-order valence-electron chi connectivity index (χ3n) is 3.24. The Morgan fingerprint density at radius 3 is 2.50 bits per heavy atom. The van der Waals surface area contributed by atoms with E-state index in [2.05, 4.69) is 12.6 Å². The molecule has 0 atom stereocenters. The maximum absolute atomic E-state index is 11.4. The molecule has 1 aromatic rings. The van der Waals surface area contributed by atoms with E-state index in [1.807, 2.05) is 44.2 Å². The standard InChI is InChI=1S/C13H16N2O.C4H8/c1-10-5-4-7-11-6-2-3-8-12(11)15(9-10)13(14)16;1-3-4-2/h2-3,6,8H,1,4-5,7,9H2,(H2,14,16);3-4H,1-2H3/b;4-3-. The highest BCUT2D eigenvalue weighted by atomic mass is 16.2. The molecule has 2 rings (SSSR count). The zero-order valence-corrected chi connectivity index (χ0v) is 12.4. The van der Waals surface area contributed by atoms with E-state index in [1.54, 1.807) is 4.90 Å². The van der Waals surface area contributed by atoms with Crippen molar-refractivity contribution in [3.05, 3.63) is 54.1 Å². The fourth-order valence-electron chi connectivity index (χ4n) is 2.10. The summed E-state index contributed by atoms with van der Waals surface area (Å²) >= 11 is 0. The van der Waals surface area contributed by atoms with Gasteiger partial charge in [0.15, 0.2) is 0 Å². The first-order valence-corrected chi connectivity index (χ1v) is 6.99. The van der Waals surface area contributed by atoms with Crippen molar-refractivity contribution in [3.63, 3.8) is 0 Å². The van der Waals surface area contributed by atoms with Crippen LogP contribution in [0.2, 0.25) is 0 Å². The Hall–Kier alpha value is -2.03. The van der Waals surface area contributed by atoms with Gasteiger partial charge in [-0.05, 0) is 44.7 Å². The van der Waals surface area contributed by atoms with Crippen molar-refractivity contribution < 1.29 is 4.79 Å². The largest absolute Gasteiger partial charge is 0.351 e. The van der Waals surface area contributed by atoms with Crippen LogP contribution in [0.4, 0.5) is 10.5 Å². The molecule has 0 bridgehead atoms. The molecule has 0 spiro atoms. The van der Waals surface area contributed by atoms with Crippen molar-refractivity contribution in [1.29, 1.82) is 0 Å². The van der Waals surface area contributed by atoms with Crippen LogP contribution in [0.25, 0.3) is 0 Å². The quantitative estimate of drug-likeness (QED) is 0.712. The van der Waals surface area contributed by atoms with E-state index < -0.39 is 6.03 Å². The lowest BCUT2D eigenvalue weighted by molar-refractivity contribution is 0.254. The smallest absolute Gasteiger partial charge is 0.319 e. The normalized spacial score (nSPS) is 14.9. The molecule has 0 aromatic heterocycles. The van der Waals surface area contributed by atoms with Crippen LogP contribution in [0.5, 0.6) is 0 Å². The molecule has 2 N–H and O–H groups in total. The zero-order chi connectivity index (χ0) is 15.0. The third kappa shape index (κ3) is 4.57. The minimum Gasteiger partial charge on any atom is -0.351 e. The number of nitrogens with two attached hydrogens (primary N) is 1. The lowest BCUT2D eigenvalue weighted by Crippen LogP contribution is -2.38. The van der Waals surface area contributed by atoms with Gasteiger partial charge >= 0.3 is 6.03 Å². The fraction of sp³-hybridized carbons (Fsp3) is 0.353. The Balaban J connectivity index is 0.000000444. The first-order chi connectivity index (χ1) is 9.60. The van der Waals surface area contributed by atoms with Crippen molar-refractivity contribution in [1.82, 2.24) is 0 Å². The van der Waals surface area contributed by atoms with Gasteiger partial charge in [0.25, 0.3) is 0 Å². The van der Waals surface area contributed by atoms with Gasteiger partial charge in [-0.1, -0.05) is 42.5 Å². The van der Waals surface area contributed by atoms with Crippen LogP contribution in [-0.4, -0.2) is 12.6 Å². The molecule has 20 heavy (non-hydrogen) atoms. The number of aryl methyl sites for hydroxylation is 1. The van der Waals surface area contributed by atoms with Gasteiger partial charge in [0.2, 0.25) is 0 Å². The van der Waals surface area contributed by atoms with Crippen molar-refractivity contribution in [2.24, 2.45) is 5.73 Å². The van der Waals surface area contributed by atoms with Crippen molar-refractivity contribution >= 4 is 11.7 Å².